The summed E-state index contributed by atoms with van der Waals surface area (Å²) in [5.74, 6) is 0.291. The molecule has 168 valence electrons. The van der Waals surface area contributed by atoms with Gasteiger partial charge in [-0.2, -0.15) is 5.10 Å². The number of rotatable bonds is 6. The number of nitrogens with one attached hydrogen (secondary N) is 2. The van der Waals surface area contributed by atoms with E-state index < -0.39 is 0 Å². The van der Waals surface area contributed by atoms with E-state index in [-0.39, 0.29) is 23.9 Å². The first-order valence-corrected chi connectivity index (χ1v) is 10.8. The molecule has 3 amide bonds. The predicted octanol–water partition coefficient (Wildman–Crippen LogP) is 4.97. The second kappa shape index (κ2) is 9.68. The molecular formula is C25H31N5O2. The molecule has 0 radical (unpaired) electrons. The molecule has 0 fully saturated rings. The van der Waals surface area contributed by atoms with Gasteiger partial charge in [0.2, 0.25) is 5.91 Å². The van der Waals surface area contributed by atoms with Crippen LogP contribution in [0.25, 0.3) is 5.69 Å². The Labute approximate surface area is 189 Å². The Morgan fingerprint density at radius 2 is 1.66 bits per heavy atom. The van der Waals surface area contributed by atoms with Gasteiger partial charge in [0.1, 0.15) is 12.4 Å². The maximum Gasteiger partial charge on any atom is 0.322 e. The molecule has 0 spiro atoms. The number of aromatic nitrogens is 2. The van der Waals surface area contributed by atoms with Crippen LogP contribution in [0.3, 0.4) is 0 Å². The molecule has 3 rings (SSSR count). The van der Waals surface area contributed by atoms with Crippen LogP contribution < -0.4 is 10.6 Å². The summed E-state index contributed by atoms with van der Waals surface area (Å²) in [6, 6.07) is 18.6. The SMILES string of the molecule is CCN(CC(=O)Nc1cc(C(C)(C)C)nn1-c1ccccc1C)C(=O)Nc1ccccc1. The van der Waals surface area contributed by atoms with E-state index in [0.29, 0.717) is 18.1 Å². The third-order valence-electron chi connectivity index (χ3n) is 5.12. The molecule has 0 saturated heterocycles. The third-order valence-corrected chi connectivity index (χ3v) is 5.12. The van der Waals surface area contributed by atoms with E-state index in [1.165, 1.54) is 4.90 Å². The molecular weight excluding hydrogens is 402 g/mol. The molecule has 0 bridgehead atoms. The lowest BCUT2D eigenvalue weighted by atomic mass is 9.92. The van der Waals surface area contributed by atoms with Gasteiger partial charge in [0.15, 0.2) is 0 Å². The fraction of sp³-hybridized carbons (Fsp3) is 0.320. The molecule has 1 heterocycles. The van der Waals surface area contributed by atoms with Gasteiger partial charge >= 0.3 is 6.03 Å². The summed E-state index contributed by atoms with van der Waals surface area (Å²) >= 11 is 0. The molecule has 0 saturated carbocycles. The van der Waals surface area contributed by atoms with Crippen LogP contribution in [-0.4, -0.2) is 39.7 Å². The first-order valence-electron chi connectivity index (χ1n) is 10.8. The van der Waals surface area contributed by atoms with Crippen LogP contribution in [0.1, 0.15) is 39.0 Å². The highest BCUT2D eigenvalue weighted by Gasteiger charge is 2.23. The van der Waals surface area contributed by atoms with Crippen molar-refractivity contribution in [3.05, 3.63) is 71.9 Å². The van der Waals surface area contributed by atoms with Crippen molar-refractivity contribution in [2.45, 2.75) is 40.0 Å². The Morgan fingerprint density at radius 3 is 2.28 bits per heavy atom. The Hall–Kier alpha value is -3.61. The average molecular weight is 434 g/mol. The summed E-state index contributed by atoms with van der Waals surface area (Å²) in [4.78, 5) is 27.0. The summed E-state index contributed by atoms with van der Waals surface area (Å²) < 4.78 is 1.76. The molecule has 0 unspecified atom stereocenters. The number of carbonyl (C=O) groups excluding carboxylic acids is 2. The van der Waals surface area contributed by atoms with E-state index >= 15 is 0 Å². The largest absolute Gasteiger partial charge is 0.322 e. The smallest absolute Gasteiger partial charge is 0.315 e. The minimum absolute atomic E-state index is 0.0705. The lowest BCUT2D eigenvalue weighted by Crippen LogP contribution is -2.40. The highest BCUT2D eigenvalue weighted by Crippen LogP contribution is 2.27. The zero-order valence-corrected chi connectivity index (χ0v) is 19.3. The van der Waals surface area contributed by atoms with Crippen molar-refractivity contribution in [1.29, 1.82) is 0 Å². The average Bonchev–Trinajstić information content (AvgIpc) is 3.17. The van der Waals surface area contributed by atoms with Crippen molar-refractivity contribution < 1.29 is 9.59 Å². The molecule has 1 aromatic heterocycles. The molecule has 3 aromatic rings. The number of hydrogen-bond donors (Lipinski definition) is 2. The number of hydrogen-bond acceptors (Lipinski definition) is 3. The fourth-order valence-electron chi connectivity index (χ4n) is 3.23. The summed E-state index contributed by atoms with van der Waals surface area (Å²) in [7, 11) is 0. The number of benzene rings is 2. The number of amides is 3. The number of carbonyl (C=O) groups is 2. The van der Waals surface area contributed by atoms with E-state index in [2.05, 4.69) is 31.4 Å². The summed E-state index contributed by atoms with van der Waals surface area (Å²) in [6.45, 7) is 10.4. The first kappa shape index (κ1) is 23.1. The Bertz CT molecular complexity index is 1080. The third kappa shape index (κ3) is 5.55. The van der Waals surface area contributed by atoms with Gasteiger partial charge in [-0.25, -0.2) is 9.48 Å². The molecule has 2 N–H and O–H groups in total. The summed E-state index contributed by atoms with van der Waals surface area (Å²) in [5, 5.41) is 10.5. The van der Waals surface area contributed by atoms with E-state index in [1.807, 2.05) is 62.4 Å². The first-order chi connectivity index (χ1) is 15.2. The molecule has 0 aliphatic rings. The predicted molar refractivity (Wildman–Crippen MR) is 128 cm³/mol. The van der Waals surface area contributed by atoms with Crippen LogP contribution in [0.15, 0.2) is 60.7 Å². The molecule has 0 atom stereocenters. The molecule has 7 nitrogen and oxygen atoms in total. The van der Waals surface area contributed by atoms with Crippen LogP contribution in [0, 0.1) is 6.92 Å². The zero-order chi connectivity index (χ0) is 23.3. The molecule has 0 aliphatic heterocycles. The topological polar surface area (TPSA) is 79.3 Å². The van der Waals surface area contributed by atoms with Gasteiger partial charge in [-0.15, -0.1) is 0 Å². The maximum absolute atomic E-state index is 12.9. The highest BCUT2D eigenvalue weighted by molar-refractivity contribution is 5.96. The van der Waals surface area contributed by atoms with Gasteiger partial charge in [-0.3, -0.25) is 4.79 Å². The van der Waals surface area contributed by atoms with Crippen LogP contribution >= 0.6 is 0 Å². The number of nitrogens with zero attached hydrogens (tertiary/aromatic N) is 3. The van der Waals surface area contributed by atoms with Gasteiger partial charge in [-0.1, -0.05) is 57.2 Å². The quantitative estimate of drug-likeness (QED) is 0.576. The minimum atomic E-state index is -0.323. The second-order valence-electron chi connectivity index (χ2n) is 8.72. The standard InChI is InChI=1S/C25H31N5O2/c1-6-29(24(32)26-19-13-8-7-9-14-19)17-23(31)27-22-16-21(25(3,4)5)28-30(22)20-15-11-10-12-18(20)2/h7-16H,6,17H2,1-5H3,(H,26,32)(H,27,31). The number of para-hydroxylation sites is 2. The van der Waals surface area contributed by atoms with E-state index in [9.17, 15) is 9.59 Å². The molecule has 0 aliphatic carbocycles. The maximum atomic E-state index is 12.9. The zero-order valence-electron chi connectivity index (χ0n) is 19.3. The second-order valence-corrected chi connectivity index (χ2v) is 8.72. The Balaban J connectivity index is 1.79. The Morgan fingerprint density at radius 1 is 1.00 bits per heavy atom. The minimum Gasteiger partial charge on any atom is -0.315 e. The summed E-state index contributed by atoms with van der Waals surface area (Å²) in [6.07, 6.45) is 0. The monoisotopic (exact) mass is 433 g/mol. The number of aryl methyl sites for hydroxylation is 1. The molecule has 32 heavy (non-hydrogen) atoms. The van der Waals surface area contributed by atoms with Gasteiger partial charge in [-0.05, 0) is 37.6 Å². The van der Waals surface area contributed by atoms with Crippen molar-refractivity contribution in [1.82, 2.24) is 14.7 Å². The van der Waals surface area contributed by atoms with E-state index in [0.717, 1.165) is 16.9 Å². The van der Waals surface area contributed by atoms with Gasteiger partial charge in [0.25, 0.3) is 0 Å². The van der Waals surface area contributed by atoms with Crippen molar-refractivity contribution in [2.24, 2.45) is 0 Å². The lowest BCUT2D eigenvalue weighted by Gasteiger charge is -2.21. The molecule has 7 heteroatoms. The van der Waals surface area contributed by atoms with Crippen LogP contribution in [0.4, 0.5) is 16.3 Å². The van der Waals surface area contributed by atoms with Crippen molar-refractivity contribution >= 4 is 23.4 Å². The van der Waals surface area contributed by atoms with Crippen LogP contribution in [0.5, 0.6) is 0 Å². The van der Waals surface area contributed by atoms with Crippen molar-refractivity contribution in [3.63, 3.8) is 0 Å². The number of likely N-dealkylation sites (N-methyl/N-ethyl adjacent to an activating group) is 1. The van der Waals surface area contributed by atoms with E-state index in [1.54, 1.807) is 16.8 Å². The lowest BCUT2D eigenvalue weighted by molar-refractivity contribution is -0.116. The van der Waals surface area contributed by atoms with Gasteiger partial charge in [0.05, 0.1) is 11.4 Å². The van der Waals surface area contributed by atoms with E-state index in [4.69, 9.17) is 5.10 Å². The van der Waals surface area contributed by atoms with Crippen LogP contribution in [0.2, 0.25) is 0 Å². The van der Waals surface area contributed by atoms with Gasteiger partial charge < -0.3 is 15.5 Å². The Kier molecular flexibility index (Phi) is 6.98. The van der Waals surface area contributed by atoms with Crippen molar-refractivity contribution in [2.75, 3.05) is 23.7 Å². The number of anilines is 2. The highest BCUT2D eigenvalue weighted by atomic mass is 16.2. The number of urea groups is 1. The normalized spacial score (nSPS) is 11.2. The summed E-state index contributed by atoms with van der Waals surface area (Å²) in [5.41, 5.74) is 3.31. The fourth-order valence-corrected chi connectivity index (χ4v) is 3.23. The molecule has 2 aromatic carbocycles. The van der Waals surface area contributed by atoms with Crippen LogP contribution in [-0.2, 0) is 10.2 Å². The van der Waals surface area contributed by atoms with Gasteiger partial charge in [0, 0.05) is 23.7 Å². The van der Waals surface area contributed by atoms with Crippen molar-refractivity contribution in [3.8, 4) is 5.69 Å².